The molecular formula is C17H11N5. The van der Waals surface area contributed by atoms with Crippen LogP contribution in [0, 0.1) is 11.3 Å². The number of fused-ring (bicyclic) bond motifs is 1. The van der Waals surface area contributed by atoms with E-state index in [1.165, 1.54) is 6.33 Å². The second kappa shape index (κ2) is 4.86. The van der Waals surface area contributed by atoms with Crippen LogP contribution < -0.4 is 0 Å². The zero-order valence-electron chi connectivity index (χ0n) is 11.5. The number of hydrogen-bond donors (Lipinski definition) is 2. The van der Waals surface area contributed by atoms with Gasteiger partial charge in [-0.15, -0.1) is 0 Å². The SMILES string of the molecule is N#Cc1cc(-c2ncnc3[nH]ccc23)[nH]c1-c1ccccc1. The van der Waals surface area contributed by atoms with Gasteiger partial charge in [-0.1, -0.05) is 30.3 Å². The van der Waals surface area contributed by atoms with Crippen molar-refractivity contribution in [2.75, 3.05) is 0 Å². The monoisotopic (exact) mass is 285 g/mol. The lowest BCUT2D eigenvalue weighted by Gasteiger charge is -2.00. The molecule has 104 valence electrons. The lowest BCUT2D eigenvalue weighted by Crippen LogP contribution is -1.87. The van der Waals surface area contributed by atoms with Gasteiger partial charge in [-0.2, -0.15) is 5.26 Å². The van der Waals surface area contributed by atoms with Gasteiger partial charge in [0.15, 0.2) is 0 Å². The predicted molar refractivity (Wildman–Crippen MR) is 83.8 cm³/mol. The molecule has 0 saturated carbocycles. The summed E-state index contributed by atoms with van der Waals surface area (Å²) in [7, 11) is 0. The van der Waals surface area contributed by atoms with Gasteiger partial charge in [0, 0.05) is 11.6 Å². The van der Waals surface area contributed by atoms with Gasteiger partial charge in [0.2, 0.25) is 0 Å². The Morgan fingerprint density at radius 2 is 1.91 bits per heavy atom. The third-order valence-electron chi connectivity index (χ3n) is 3.61. The summed E-state index contributed by atoms with van der Waals surface area (Å²) >= 11 is 0. The maximum Gasteiger partial charge on any atom is 0.141 e. The van der Waals surface area contributed by atoms with Crippen molar-refractivity contribution < 1.29 is 0 Å². The number of aromatic nitrogens is 4. The van der Waals surface area contributed by atoms with Gasteiger partial charge in [0.25, 0.3) is 0 Å². The van der Waals surface area contributed by atoms with Crippen molar-refractivity contribution in [1.82, 2.24) is 19.9 Å². The smallest absolute Gasteiger partial charge is 0.141 e. The molecule has 0 saturated heterocycles. The Balaban J connectivity index is 1.93. The van der Waals surface area contributed by atoms with E-state index in [1.54, 1.807) is 0 Å². The van der Waals surface area contributed by atoms with Crippen LogP contribution in [0.5, 0.6) is 0 Å². The first-order chi connectivity index (χ1) is 10.9. The van der Waals surface area contributed by atoms with Crippen molar-refractivity contribution >= 4 is 11.0 Å². The Hall–Kier alpha value is -3.39. The molecule has 5 nitrogen and oxygen atoms in total. The van der Waals surface area contributed by atoms with Crippen LogP contribution in [0.15, 0.2) is 55.0 Å². The summed E-state index contributed by atoms with van der Waals surface area (Å²) in [6.07, 6.45) is 3.35. The van der Waals surface area contributed by atoms with Crippen LogP contribution in [-0.2, 0) is 0 Å². The fourth-order valence-corrected chi connectivity index (χ4v) is 2.59. The number of nitrogens with zero attached hydrogens (tertiary/aromatic N) is 3. The lowest BCUT2D eigenvalue weighted by atomic mass is 10.1. The zero-order valence-corrected chi connectivity index (χ0v) is 11.5. The summed E-state index contributed by atoms with van der Waals surface area (Å²) in [4.78, 5) is 14.9. The third kappa shape index (κ3) is 1.86. The third-order valence-corrected chi connectivity index (χ3v) is 3.61. The molecule has 0 spiro atoms. The minimum absolute atomic E-state index is 0.600. The number of nitriles is 1. The molecule has 0 unspecified atom stereocenters. The van der Waals surface area contributed by atoms with E-state index in [-0.39, 0.29) is 0 Å². The molecule has 22 heavy (non-hydrogen) atoms. The molecule has 5 heteroatoms. The Morgan fingerprint density at radius 1 is 1.05 bits per heavy atom. The van der Waals surface area contributed by atoms with Gasteiger partial charge >= 0.3 is 0 Å². The lowest BCUT2D eigenvalue weighted by molar-refractivity contribution is 1.19. The Morgan fingerprint density at radius 3 is 2.73 bits per heavy atom. The molecule has 0 aliphatic heterocycles. The second-order valence-corrected chi connectivity index (χ2v) is 4.91. The minimum atomic E-state index is 0.600. The first-order valence-electron chi connectivity index (χ1n) is 6.84. The molecule has 0 bridgehead atoms. The second-order valence-electron chi connectivity index (χ2n) is 4.91. The predicted octanol–water partition coefficient (Wildman–Crippen LogP) is 3.49. The summed E-state index contributed by atoms with van der Waals surface area (Å²) in [5, 5.41) is 10.3. The molecule has 2 N–H and O–H groups in total. The summed E-state index contributed by atoms with van der Waals surface area (Å²) in [5.41, 5.74) is 4.75. The van der Waals surface area contributed by atoms with Crippen LogP contribution in [0.2, 0.25) is 0 Å². The van der Waals surface area contributed by atoms with Crippen LogP contribution in [0.1, 0.15) is 5.56 Å². The Kier molecular flexibility index (Phi) is 2.73. The van der Waals surface area contributed by atoms with Crippen LogP contribution >= 0.6 is 0 Å². The van der Waals surface area contributed by atoms with Crippen molar-refractivity contribution in [3.05, 3.63) is 60.6 Å². The highest BCUT2D eigenvalue weighted by atomic mass is 14.9. The van der Waals surface area contributed by atoms with Gasteiger partial charge in [-0.05, 0) is 17.7 Å². The van der Waals surface area contributed by atoms with Crippen molar-refractivity contribution in [3.63, 3.8) is 0 Å². The molecule has 1 aromatic carbocycles. The first kappa shape index (κ1) is 12.4. The number of hydrogen-bond acceptors (Lipinski definition) is 3. The average molecular weight is 285 g/mol. The van der Waals surface area contributed by atoms with E-state index in [4.69, 9.17) is 0 Å². The maximum atomic E-state index is 9.40. The highest BCUT2D eigenvalue weighted by molar-refractivity contribution is 5.90. The molecular weight excluding hydrogens is 274 g/mol. The molecule has 3 aromatic heterocycles. The highest BCUT2D eigenvalue weighted by Crippen LogP contribution is 2.30. The van der Waals surface area contributed by atoms with Crippen LogP contribution in [-0.4, -0.2) is 19.9 Å². The normalized spacial score (nSPS) is 10.7. The minimum Gasteiger partial charge on any atom is -0.352 e. The van der Waals surface area contributed by atoms with Crippen molar-refractivity contribution in [3.8, 4) is 28.7 Å². The largest absolute Gasteiger partial charge is 0.352 e. The van der Waals surface area contributed by atoms with Gasteiger partial charge < -0.3 is 9.97 Å². The number of benzene rings is 1. The van der Waals surface area contributed by atoms with E-state index < -0.39 is 0 Å². The molecule has 4 rings (SSSR count). The van der Waals surface area contributed by atoms with E-state index in [1.807, 2.05) is 48.7 Å². The molecule has 3 heterocycles. The topological polar surface area (TPSA) is 81.2 Å². The summed E-state index contributed by atoms with van der Waals surface area (Å²) in [6, 6.07) is 15.8. The standard InChI is InChI=1S/C17H11N5/c18-9-12-8-14(22-15(12)11-4-2-1-3-5-11)16-13-6-7-19-17(13)21-10-20-16/h1-8,10,22H,(H,19,20,21). The summed E-state index contributed by atoms with van der Waals surface area (Å²) < 4.78 is 0. The number of rotatable bonds is 2. The van der Waals surface area contributed by atoms with Crippen LogP contribution in [0.3, 0.4) is 0 Å². The quantitative estimate of drug-likeness (QED) is 0.591. The van der Waals surface area contributed by atoms with Crippen molar-refractivity contribution in [1.29, 1.82) is 5.26 Å². The fraction of sp³-hybridized carbons (Fsp3) is 0. The molecule has 0 radical (unpaired) electrons. The van der Waals surface area contributed by atoms with E-state index in [9.17, 15) is 5.26 Å². The first-order valence-corrected chi connectivity index (χ1v) is 6.84. The number of H-pyrrole nitrogens is 2. The van der Waals surface area contributed by atoms with Crippen molar-refractivity contribution in [2.24, 2.45) is 0 Å². The Bertz CT molecular complexity index is 989. The molecule has 0 aliphatic rings. The van der Waals surface area contributed by atoms with Gasteiger partial charge in [0.1, 0.15) is 18.0 Å². The molecule has 0 atom stereocenters. The summed E-state index contributed by atoms with van der Waals surface area (Å²) in [5.74, 6) is 0. The molecule has 0 fully saturated rings. The average Bonchev–Trinajstić information content (AvgIpc) is 3.22. The van der Waals surface area contributed by atoms with Crippen LogP contribution in [0.25, 0.3) is 33.7 Å². The molecule has 4 aromatic rings. The number of aromatic amines is 2. The van der Waals surface area contributed by atoms with Gasteiger partial charge in [-0.25, -0.2) is 9.97 Å². The van der Waals surface area contributed by atoms with Crippen LogP contribution in [0.4, 0.5) is 0 Å². The fourth-order valence-electron chi connectivity index (χ4n) is 2.59. The van der Waals surface area contributed by atoms with Gasteiger partial charge in [-0.3, -0.25) is 0 Å². The van der Waals surface area contributed by atoms with E-state index >= 15 is 0 Å². The van der Waals surface area contributed by atoms with E-state index in [0.29, 0.717) is 5.56 Å². The molecule has 0 amide bonds. The zero-order chi connectivity index (χ0) is 14.9. The molecule has 0 aliphatic carbocycles. The van der Waals surface area contributed by atoms with Gasteiger partial charge in [0.05, 0.1) is 22.6 Å². The summed E-state index contributed by atoms with van der Waals surface area (Å²) in [6.45, 7) is 0. The number of nitrogens with one attached hydrogen (secondary N) is 2. The van der Waals surface area contributed by atoms with E-state index in [0.717, 1.165) is 33.7 Å². The Labute approximate surface area is 126 Å². The highest BCUT2D eigenvalue weighted by Gasteiger charge is 2.14. The maximum absolute atomic E-state index is 9.40. The van der Waals surface area contributed by atoms with E-state index in [2.05, 4.69) is 26.0 Å². The van der Waals surface area contributed by atoms with Crippen molar-refractivity contribution in [2.45, 2.75) is 0 Å².